The van der Waals surface area contributed by atoms with Gasteiger partial charge in [-0.2, -0.15) is 5.10 Å². The van der Waals surface area contributed by atoms with Crippen molar-refractivity contribution in [2.45, 2.75) is 17.7 Å². The van der Waals surface area contributed by atoms with E-state index in [1.807, 2.05) is 29.9 Å². The quantitative estimate of drug-likeness (QED) is 0.553. The molecule has 4 heteroatoms. The first-order valence-corrected chi connectivity index (χ1v) is 5.53. The Labute approximate surface area is 89.9 Å². The van der Waals surface area contributed by atoms with Gasteiger partial charge in [0.25, 0.3) is 0 Å². The molecule has 1 aromatic heterocycles. The van der Waals surface area contributed by atoms with Gasteiger partial charge in [-0.1, -0.05) is 0 Å². The Balaban J connectivity index is 0.000000461. The van der Waals surface area contributed by atoms with E-state index in [0.29, 0.717) is 0 Å². The summed E-state index contributed by atoms with van der Waals surface area (Å²) in [4.78, 5) is 1.25. The zero-order valence-electron chi connectivity index (χ0n) is 8.65. The number of hydrogen-bond acceptors (Lipinski definition) is 3. The summed E-state index contributed by atoms with van der Waals surface area (Å²) in [5.41, 5.74) is 0. The lowest BCUT2D eigenvalue weighted by Crippen LogP contribution is -2.08. The molecule has 2 rings (SSSR count). The molecule has 0 aliphatic carbocycles. The molecule has 1 aliphatic heterocycles. The monoisotopic (exact) mass is 211 g/mol. The van der Waals surface area contributed by atoms with Crippen LogP contribution in [0.1, 0.15) is 12.8 Å². The fraction of sp³-hybridized carbons (Fsp3) is 0.500. The van der Waals surface area contributed by atoms with Crippen molar-refractivity contribution in [2.24, 2.45) is 7.05 Å². The third-order valence-electron chi connectivity index (χ3n) is 1.98. The molecule has 0 saturated carbocycles. The van der Waals surface area contributed by atoms with Gasteiger partial charge in [0.2, 0.25) is 0 Å². The van der Waals surface area contributed by atoms with Crippen LogP contribution in [0.3, 0.4) is 0 Å². The summed E-state index contributed by atoms with van der Waals surface area (Å²) >= 11 is 1.82. The predicted octanol–water partition coefficient (Wildman–Crippen LogP) is 2.33. The molecule has 0 bridgehead atoms. The van der Waals surface area contributed by atoms with Crippen LogP contribution in [0.5, 0.6) is 0 Å². The Kier molecular flexibility index (Phi) is 4.76. The minimum absolute atomic E-state index is 1.22. The molecule has 0 aromatic carbocycles. The lowest BCUT2D eigenvalue weighted by Gasteiger charge is -2.10. The zero-order chi connectivity index (χ0) is 10.4. The number of nitrogens with zero attached hydrogens (tertiary/aromatic N) is 3. The van der Waals surface area contributed by atoms with Gasteiger partial charge in [0.05, 0.1) is 11.1 Å². The molecule has 78 valence electrons. The van der Waals surface area contributed by atoms with Crippen LogP contribution in [0.4, 0.5) is 0 Å². The van der Waals surface area contributed by atoms with Crippen molar-refractivity contribution in [2.75, 3.05) is 13.1 Å². The summed E-state index contributed by atoms with van der Waals surface area (Å²) in [7, 11) is 1.95. The molecule has 0 spiro atoms. The van der Waals surface area contributed by atoms with E-state index in [1.165, 1.54) is 30.8 Å². The molecule has 0 radical (unpaired) electrons. The number of aromatic nitrogens is 2. The van der Waals surface area contributed by atoms with Gasteiger partial charge in [0.1, 0.15) is 0 Å². The maximum absolute atomic E-state index is 4.13. The van der Waals surface area contributed by atoms with Gasteiger partial charge in [-0.3, -0.25) is 4.68 Å². The van der Waals surface area contributed by atoms with Crippen LogP contribution in [0.2, 0.25) is 0 Å². The van der Waals surface area contributed by atoms with E-state index in [0.717, 1.165) is 0 Å². The Morgan fingerprint density at radius 3 is 2.50 bits per heavy atom. The third kappa shape index (κ3) is 3.20. The van der Waals surface area contributed by atoms with Crippen molar-refractivity contribution in [1.29, 1.82) is 0 Å². The fourth-order valence-corrected chi connectivity index (χ4v) is 2.41. The highest BCUT2D eigenvalue weighted by Gasteiger charge is 2.12. The molecule has 14 heavy (non-hydrogen) atoms. The number of rotatable bonds is 2. The fourth-order valence-electron chi connectivity index (χ4n) is 1.37. The van der Waals surface area contributed by atoms with Crippen LogP contribution in [-0.4, -0.2) is 27.2 Å². The van der Waals surface area contributed by atoms with E-state index in [4.69, 9.17) is 0 Å². The number of hydrogen-bond donors (Lipinski definition) is 0. The highest BCUT2D eigenvalue weighted by Crippen LogP contribution is 2.25. The average Bonchev–Trinajstić information content (AvgIpc) is 2.82. The third-order valence-corrected chi connectivity index (χ3v) is 3.03. The Morgan fingerprint density at radius 1 is 1.36 bits per heavy atom. The molecule has 1 saturated heterocycles. The van der Waals surface area contributed by atoms with Crippen molar-refractivity contribution in [3.8, 4) is 0 Å². The van der Waals surface area contributed by atoms with Crippen LogP contribution < -0.4 is 0 Å². The summed E-state index contributed by atoms with van der Waals surface area (Å²) in [5.74, 6) is 0. The van der Waals surface area contributed by atoms with Crippen molar-refractivity contribution >= 4 is 11.9 Å². The molecule has 0 N–H and O–H groups in total. The van der Waals surface area contributed by atoms with Gasteiger partial charge >= 0.3 is 0 Å². The molecular weight excluding hydrogens is 194 g/mol. The molecule has 1 aromatic rings. The van der Waals surface area contributed by atoms with E-state index >= 15 is 0 Å². The van der Waals surface area contributed by atoms with Crippen LogP contribution in [0.15, 0.2) is 30.4 Å². The normalized spacial score (nSPS) is 16.4. The second-order valence-electron chi connectivity index (χ2n) is 3.08. The van der Waals surface area contributed by atoms with Gasteiger partial charge in [-0.05, 0) is 24.8 Å². The molecule has 3 nitrogen and oxygen atoms in total. The van der Waals surface area contributed by atoms with E-state index in [-0.39, 0.29) is 0 Å². The van der Waals surface area contributed by atoms with Gasteiger partial charge in [0, 0.05) is 26.3 Å². The SMILES string of the molecule is C=C.Cn1cc(SN2CCCC2)cn1. The van der Waals surface area contributed by atoms with Crippen molar-refractivity contribution in [1.82, 2.24) is 14.1 Å². The molecule has 0 amide bonds. The Hall–Kier alpha value is -0.740. The summed E-state index contributed by atoms with van der Waals surface area (Å²) in [6.07, 6.45) is 6.66. The minimum atomic E-state index is 1.22. The molecule has 1 fully saturated rings. The highest BCUT2D eigenvalue weighted by molar-refractivity contribution is 7.97. The van der Waals surface area contributed by atoms with E-state index in [2.05, 4.69) is 28.8 Å². The first kappa shape index (κ1) is 11.3. The minimum Gasteiger partial charge on any atom is -0.275 e. The second-order valence-corrected chi connectivity index (χ2v) is 4.25. The maximum Gasteiger partial charge on any atom is 0.0639 e. The van der Waals surface area contributed by atoms with Crippen molar-refractivity contribution in [3.63, 3.8) is 0 Å². The topological polar surface area (TPSA) is 21.1 Å². The predicted molar refractivity (Wildman–Crippen MR) is 61.1 cm³/mol. The Morgan fingerprint density at radius 2 is 2.00 bits per heavy atom. The van der Waals surface area contributed by atoms with Gasteiger partial charge < -0.3 is 0 Å². The molecule has 0 atom stereocenters. The lowest BCUT2D eigenvalue weighted by atomic mass is 10.4. The van der Waals surface area contributed by atoms with E-state index in [1.54, 1.807) is 0 Å². The summed E-state index contributed by atoms with van der Waals surface area (Å²) in [5, 5.41) is 4.13. The highest BCUT2D eigenvalue weighted by atomic mass is 32.2. The number of aryl methyl sites for hydroxylation is 1. The molecule has 1 aliphatic rings. The average molecular weight is 211 g/mol. The molecule has 2 heterocycles. The molecular formula is C10H17N3S. The standard InChI is InChI=1S/C8H13N3S.C2H4/c1-10-7-8(6-9-10)12-11-4-2-3-5-11;1-2/h6-7H,2-5H2,1H3;1-2H2. The first-order chi connectivity index (χ1) is 6.84. The van der Waals surface area contributed by atoms with Gasteiger partial charge in [-0.15, -0.1) is 13.2 Å². The zero-order valence-corrected chi connectivity index (χ0v) is 9.46. The summed E-state index contributed by atoms with van der Waals surface area (Å²) < 4.78 is 4.25. The van der Waals surface area contributed by atoms with Crippen LogP contribution in [0, 0.1) is 0 Å². The summed E-state index contributed by atoms with van der Waals surface area (Å²) in [6, 6.07) is 0. The smallest absolute Gasteiger partial charge is 0.0639 e. The van der Waals surface area contributed by atoms with Crippen LogP contribution in [0.25, 0.3) is 0 Å². The van der Waals surface area contributed by atoms with Gasteiger partial charge in [-0.25, -0.2) is 4.31 Å². The summed E-state index contributed by atoms with van der Waals surface area (Å²) in [6.45, 7) is 8.44. The maximum atomic E-state index is 4.13. The van der Waals surface area contributed by atoms with Crippen LogP contribution >= 0.6 is 11.9 Å². The second kappa shape index (κ2) is 5.88. The Bertz CT molecular complexity index is 266. The lowest BCUT2D eigenvalue weighted by molar-refractivity contribution is 0.586. The van der Waals surface area contributed by atoms with Crippen molar-refractivity contribution < 1.29 is 0 Å². The van der Waals surface area contributed by atoms with E-state index < -0.39 is 0 Å². The van der Waals surface area contributed by atoms with Crippen molar-refractivity contribution in [3.05, 3.63) is 25.6 Å². The van der Waals surface area contributed by atoms with Gasteiger partial charge in [0.15, 0.2) is 0 Å². The van der Waals surface area contributed by atoms with Crippen LogP contribution in [-0.2, 0) is 7.05 Å². The molecule has 0 unspecified atom stereocenters. The largest absolute Gasteiger partial charge is 0.275 e. The van der Waals surface area contributed by atoms with E-state index in [9.17, 15) is 0 Å². The first-order valence-electron chi connectivity index (χ1n) is 4.76.